The Labute approximate surface area is 111 Å². The molecule has 0 saturated carbocycles. The zero-order chi connectivity index (χ0) is 12.9. The molecule has 1 aliphatic heterocycles. The Kier molecular flexibility index (Phi) is 3.40. The highest BCUT2D eigenvalue weighted by Gasteiger charge is 2.07. The first-order valence-electron chi connectivity index (χ1n) is 6.38. The average molecular weight is 256 g/mol. The van der Waals surface area contributed by atoms with E-state index in [0.717, 1.165) is 36.9 Å². The lowest BCUT2D eigenvalue weighted by atomic mass is 10.2. The number of guanidine groups is 1. The van der Waals surface area contributed by atoms with E-state index >= 15 is 0 Å². The Balaban J connectivity index is 1.76. The topological polar surface area (TPSA) is 67.1 Å². The van der Waals surface area contributed by atoms with Gasteiger partial charge in [-0.1, -0.05) is 6.07 Å². The normalized spacial score (nSPS) is 14.6. The van der Waals surface area contributed by atoms with Crippen molar-refractivity contribution in [3.63, 3.8) is 0 Å². The molecule has 0 aliphatic carbocycles. The minimum Gasteiger partial charge on any atom is -0.356 e. The molecule has 3 heterocycles. The maximum Gasteiger partial charge on any atom is 0.191 e. The number of nitrogens with one attached hydrogen (secondary N) is 2. The van der Waals surface area contributed by atoms with Crippen LogP contribution in [-0.2, 0) is 6.54 Å². The van der Waals surface area contributed by atoms with E-state index in [9.17, 15) is 0 Å². The molecule has 2 aromatic heterocycles. The minimum atomic E-state index is 0.688. The molecule has 19 heavy (non-hydrogen) atoms. The van der Waals surface area contributed by atoms with E-state index in [4.69, 9.17) is 0 Å². The molecule has 6 nitrogen and oxygen atoms in total. The van der Waals surface area contributed by atoms with Gasteiger partial charge in [-0.3, -0.25) is 9.56 Å². The molecule has 0 fully saturated rings. The molecule has 0 atom stereocenters. The SMILES string of the molecule is c1cnc(-n2ccnc2)c(CNC2=NCCCN2)c1. The first-order chi connectivity index (χ1) is 9.43. The predicted octanol–water partition coefficient (Wildman–Crippen LogP) is 0.706. The zero-order valence-electron chi connectivity index (χ0n) is 10.6. The number of hydrogen-bond acceptors (Lipinski definition) is 5. The van der Waals surface area contributed by atoms with E-state index in [1.54, 1.807) is 18.7 Å². The second-order valence-electron chi connectivity index (χ2n) is 4.32. The quantitative estimate of drug-likeness (QED) is 0.848. The first kappa shape index (κ1) is 11.7. The Morgan fingerprint density at radius 1 is 1.37 bits per heavy atom. The van der Waals surface area contributed by atoms with Crippen LogP contribution in [0.4, 0.5) is 0 Å². The summed E-state index contributed by atoms with van der Waals surface area (Å²) in [6.07, 6.45) is 8.27. The van der Waals surface area contributed by atoms with Crippen molar-refractivity contribution in [2.75, 3.05) is 13.1 Å². The second kappa shape index (κ2) is 5.51. The van der Waals surface area contributed by atoms with E-state index < -0.39 is 0 Å². The molecule has 1 aliphatic rings. The fourth-order valence-electron chi connectivity index (χ4n) is 2.02. The van der Waals surface area contributed by atoms with Crippen LogP contribution < -0.4 is 10.6 Å². The Morgan fingerprint density at radius 3 is 3.16 bits per heavy atom. The van der Waals surface area contributed by atoms with Crippen molar-refractivity contribution in [1.29, 1.82) is 0 Å². The Bertz CT molecular complexity index is 560. The third-order valence-electron chi connectivity index (χ3n) is 2.96. The molecule has 0 unspecified atom stereocenters. The maximum absolute atomic E-state index is 4.41. The standard InChI is InChI=1S/C13H16N6/c1-3-11(9-18-13-16-5-2-6-17-13)12(15-4-1)19-8-7-14-10-19/h1,3-4,7-8,10H,2,5-6,9H2,(H2,16,17,18). The van der Waals surface area contributed by atoms with Crippen molar-refractivity contribution in [1.82, 2.24) is 25.2 Å². The number of nitrogens with zero attached hydrogens (tertiary/aromatic N) is 4. The summed E-state index contributed by atoms with van der Waals surface area (Å²) in [4.78, 5) is 12.9. The van der Waals surface area contributed by atoms with Crippen molar-refractivity contribution in [2.45, 2.75) is 13.0 Å². The fraction of sp³-hybridized carbons (Fsp3) is 0.308. The molecule has 2 aromatic rings. The van der Waals surface area contributed by atoms with Gasteiger partial charge in [0, 0.05) is 43.8 Å². The van der Waals surface area contributed by atoms with Crippen LogP contribution >= 0.6 is 0 Å². The van der Waals surface area contributed by atoms with Crippen LogP contribution in [-0.4, -0.2) is 33.6 Å². The largest absolute Gasteiger partial charge is 0.356 e. The van der Waals surface area contributed by atoms with Crippen LogP contribution in [0.3, 0.4) is 0 Å². The summed E-state index contributed by atoms with van der Waals surface area (Å²) >= 11 is 0. The number of rotatable bonds is 3. The second-order valence-corrected chi connectivity index (χ2v) is 4.32. The number of aliphatic imine (C=N–C) groups is 1. The highest BCUT2D eigenvalue weighted by molar-refractivity contribution is 5.80. The molecule has 0 saturated heterocycles. The van der Waals surface area contributed by atoms with Crippen molar-refractivity contribution in [2.24, 2.45) is 4.99 Å². The van der Waals surface area contributed by atoms with Crippen LogP contribution in [0.1, 0.15) is 12.0 Å². The maximum atomic E-state index is 4.41. The molecular weight excluding hydrogens is 240 g/mol. The molecule has 98 valence electrons. The first-order valence-corrected chi connectivity index (χ1v) is 6.38. The van der Waals surface area contributed by atoms with Crippen LogP contribution in [0.2, 0.25) is 0 Å². The van der Waals surface area contributed by atoms with Crippen LogP contribution in [0.15, 0.2) is 42.0 Å². The zero-order valence-corrected chi connectivity index (χ0v) is 10.6. The molecule has 0 bridgehead atoms. The third kappa shape index (κ3) is 2.73. The summed E-state index contributed by atoms with van der Waals surface area (Å²) in [6, 6.07) is 3.99. The van der Waals surface area contributed by atoms with Gasteiger partial charge < -0.3 is 10.6 Å². The fourth-order valence-corrected chi connectivity index (χ4v) is 2.02. The number of aromatic nitrogens is 3. The highest BCUT2D eigenvalue weighted by Crippen LogP contribution is 2.10. The Morgan fingerprint density at radius 2 is 2.37 bits per heavy atom. The molecule has 6 heteroatoms. The van der Waals surface area contributed by atoms with Crippen molar-refractivity contribution in [3.8, 4) is 5.82 Å². The highest BCUT2D eigenvalue weighted by atomic mass is 15.2. The molecule has 0 radical (unpaired) electrons. The van der Waals surface area contributed by atoms with E-state index in [0.29, 0.717) is 6.54 Å². The molecule has 0 aromatic carbocycles. The molecule has 3 rings (SSSR count). The lowest BCUT2D eigenvalue weighted by molar-refractivity contribution is 0.700. The van der Waals surface area contributed by atoms with Gasteiger partial charge in [0.15, 0.2) is 5.96 Å². The molecule has 0 spiro atoms. The smallest absolute Gasteiger partial charge is 0.191 e. The summed E-state index contributed by atoms with van der Waals surface area (Å²) in [5.41, 5.74) is 1.11. The Hall–Kier alpha value is -2.37. The predicted molar refractivity (Wildman–Crippen MR) is 73.1 cm³/mol. The van der Waals surface area contributed by atoms with Gasteiger partial charge in [0.25, 0.3) is 0 Å². The summed E-state index contributed by atoms with van der Waals surface area (Å²) in [7, 11) is 0. The lowest BCUT2D eigenvalue weighted by Gasteiger charge is -2.17. The number of hydrogen-bond donors (Lipinski definition) is 2. The van der Waals surface area contributed by atoms with Gasteiger partial charge in [-0.15, -0.1) is 0 Å². The van der Waals surface area contributed by atoms with Gasteiger partial charge in [0.1, 0.15) is 12.1 Å². The number of imidazole rings is 1. The van der Waals surface area contributed by atoms with Gasteiger partial charge in [-0.25, -0.2) is 9.97 Å². The molecule has 2 N–H and O–H groups in total. The van der Waals surface area contributed by atoms with E-state index in [1.165, 1.54) is 0 Å². The van der Waals surface area contributed by atoms with Crippen LogP contribution in [0.25, 0.3) is 5.82 Å². The third-order valence-corrected chi connectivity index (χ3v) is 2.96. The van der Waals surface area contributed by atoms with Crippen molar-refractivity contribution < 1.29 is 0 Å². The van der Waals surface area contributed by atoms with Gasteiger partial charge in [0.2, 0.25) is 0 Å². The van der Waals surface area contributed by atoms with Crippen LogP contribution in [0.5, 0.6) is 0 Å². The van der Waals surface area contributed by atoms with Crippen molar-refractivity contribution >= 4 is 5.96 Å². The summed E-state index contributed by atoms with van der Waals surface area (Å²) in [5.74, 6) is 1.76. The van der Waals surface area contributed by atoms with E-state index in [-0.39, 0.29) is 0 Å². The monoisotopic (exact) mass is 256 g/mol. The lowest BCUT2D eigenvalue weighted by Crippen LogP contribution is -2.40. The molecule has 0 amide bonds. The van der Waals surface area contributed by atoms with Gasteiger partial charge in [-0.2, -0.15) is 0 Å². The van der Waals surface area contributed by atoms with E-state index in [1.807, 2.05) is 16.8 Å². The van der Waals surface area contributed by atoms with Crippen LogP contribution in [0, 0.1) is 0 Å². The number of pyridine rings is 1. The van der Waals surface area contributed by atoms with Gasteiger partial charge in [-0.05, 0) is 12.5 Å². The van der Waals surface area contributed by atoms with Gasteiger partial charge >= 0.3 is 0 Å². The van der Waals surface area contributed by atoms with E-state index in [2.05, 4.69) is 31.7 Å². The van der Waals surface area contributed by atoms with Crippen molar-refractivity contribution in [3.05, 3.63) is 42.6 Å². The average Bonchev–Trinajstić information content (AvgIpc) is 3.01. The summed E-state index contributed by atoms with van der Waals surface area (Å²) < 4.78 is 1.91. The minimum absolute atomic E-state index is 0.688. The molecular formula is C13H16N6. The summed E-state index contributed by atoms with van der Waals surface area (Å²) in [6.45, 7) is 2.55. The summed E-state index contributed by atoms with van der Waals surface area (Å²) in [5, 5.41) is 6.55. The van der Waals surface area contributed by atoms with Gasteiger partial charge in [0.05, 0.1) is 0 Å².